The number of halogens is 3. The number of rotatable bonds is 5. The van der Waals surface area contributed by atoms with Gasteiger partial charge in [-0.15, -0.1) is 0 Å². The maximum atomic E-state index is 14.0. The monoisotopic (exact) mass is 447 g/mol. The summed E-state index contributed by atoms with van der Waals surface area (Å²) in [4.78, 5) is 0. The van der Waals surface area contributed by atoms with Gasteiger partial charge in [-0.05, 0) is 41.1 Å². The van der Waals surface area contributed by atoms with E-state index in [2.05, 4.69) is 6.07 Å². The maximum Gasteiger partial charge on any atom is 0.129 e. The molecule has 0 aliphatic rings. The molecule has 0 radical (unpaired) electrons. The number of fused-ring (bicyclic) bond motifs is 1. The fourth-order valence-electron chi connectivity index (χ4n) is 3.34. The van der Waals surface area contributed by atoms with Gasteiger partial charge < -0.3 is 4.74 Å². The average molecular weight is 448 g/mol. The summed E-state index contributed by atoms with van der Waals surface area (Å²) in [5.41, 5.74) is 2.11. The van der Waals surface area contributed by atoms with Crippen molar-refractivity contribution < 1.29 is 9.13 Å². The molecular formula is C26H16Cl2FNO. The predicted octanol–water partition coefficient (Wildman–Crippen LogP) is 7.93. The quantitative estimate of drug-likeness (QED) is 0.229. The van der Waals surface area contributed by atoms with Gasteiger partial charge in [0.1, 0.15) is 18.2 Å². The highest BCUT2D eigenvalue weighted by Crippen LogP contribution is 2.34. The van der Waals surface area contributed by atoms with Crippen LogP contribution in [0.25, 0.3) is 22.4 Å². The van der Waals surface area contributed by atoms with Crippen molar-refractivity contribution >= 4 is 45.6 Å². The number of allylic oxidation sites excluding steroid dienone is 1. The first-order valence-corrected chi connectivity index (χ1v) is 10.3. The molecule has 0 fully saturated rings. The van der Waals surface area contributed by atoms with Crippen molar-refractivity contribution in [1.82, 2.24) is 0 Å². The highest BCUT2D eigenvalue weighted by Gasteiger charge is 2.13. The molecule has 0 spiro atoms. The second-order valence-electron chi connectivity index (χ2n) is 6.87. The minimum Gasteiger partial charge on any atom is -0.488 e. The predicted molar refractivity (Wildman–Crippen MR) is 125 cm³/mol. The van der Waals surface area contributed by atoms with Gasteiger partial charge >= 0.3 is 0 Å². The van der Waals surface area contributed by atoms with Crippen LogP contribution in [0.5, 0.6) is 5.75 Å². The van der Waals surface area contributed by atoms with Gasteiger partial charge in [0.25, 0.3) is 0 Å². The Balaban J connectivity index is 1.82. The van der Waals surface area contributed by atoms with Crippen LogP contribution in [-0.4, -0.2) is 0 Å². The topological polar surface area (TPSA) is 33.0 Å². The zero-order valence-electron chi connectivity index (χ0n) is 16.3. The molecule has 0 N–H and O–H groups in total. The van der Waals surface area contributed by atoms with Crippen LogP contribution in [0.4, 0.5) is 4.39 Å². The Morgan fingerprint density at radius 1 is 0.968 bits per heavy atom. The van der Waals surface area contributed by atoms with Crippen LogP contribution in [0.1, 0.15) is 16.7 Å². The van der Waals surface area contributed by atoms with Crippen LogP contribution in [0.15, 0.2) is 78.9 Å². The minimum absolute atomic E-state index is 0.0649. The number of nitrogens with zero attached hydrogens (tertiary/aromatic N) is 1. The third-order valence-electron chi connectivity index (χ3n) is 4.90. The number of hydrogen-bond donors (Lipinski definition) is 0. The fourth-order valence-corrected chi connectivity index (χ4v) is 3.85. The molecule has 0 amide bonds. The Hall–Kier alpha value is -3.32. The minimum atomic E-state index is -0.328. The van der Waals surface area contributed by atoms with E-state index in [0.29, 0.717) is 32.5 Å². The first-order valence-electron chi connectivity index (χ1n) is 9.52. The van der Waals surface area contributed by atoms with Gasteiger partial charge in [-0.2, -0.15) is 5.26 Å². The van der Waals surface area contributed by atoms with E-state index in [1.165, 1.54) is 6.07 Å². The molecular weight excluding hydrogens is 432 g/mol. The molecule has 0 saturated heterocycles. The van der Waals surface area contributed by atoms with Gasteiger partial charge in [-0.1, -0.05) is 77.8 Å². The SMILES string of the molecule is N#C/C(=C\c1c(OCc2ccccc2F)ccc2ccccc12)c1ccc(Cl)cc1Cl. The Morgan fingerprint density at radius 2 is 1.74 bits per heavy atom. The summed E-state index contributed by atoms with van der Waals surface area (Å²) in [6, 6.07) is 25.3. The number of nitriles is 1. The van der Waals surface area contributed by atoms with E-state index >= 15 is 0 Å². The van der Waals surface area contributed by atoms with E-state index in [4.69, 9.17) is 27.9 Å². The van der Waals surface area contributed by atoms with Crippen LogP contribution in [-0.2, 0) is 6.61 Å². The number of benzene rings is 4. The molecule has 0 heterocycles. The zero-order valence-corrected chi connectivity index (χ0v) is 17.8. The number of hydrogen-bond acceptors (Lipinski definition) is 2. The Kier molecular flexibility index (Phi) is 6.23. The van der Waals surface area contributed by atoms with E-state index in [1.807, 2.05) is 36.4 Å². The Labute approximate surface area is 189 Å². The first kappa shape index (κ1) is 20.9. The van der Waals surface area contributed by atoms with Crippen molar-refractivity contribution in [3.63, 3.8) is 0 Å². The van der Waals surface area contributed by atoms with Gasteiger partial charge in [-0.3, -0.25) is 0 Å². The van der Waals surface area contributed by atoms with Gasteiger partial charge in [0.05, 0.1) is 16.7 Å². The van der Waals surface area contributed by atoms with E-state index in [-0.39, 0.29) is 12.4 Å². The molecule has 4 aromatic carbocycles. The highest BCUT2D eigenvalue weighted by molar-refractivity contribution is 6.36. The molecule has 152 valence electrons. The zero-order chi connectivity index (χ0) is 21.8. The molecule has 4 rings (SSSR count). The summed E-state index contributed by atoms with van der Waals surface area (Å²) in [5, 5.41) is 12.6. The molecule has 0 aliphatic carbocycles. The van der Waals surface area contributed by atoms with Crippen molar-refractivity contribution in [2.75, 3.05) is 0 Å². The first-order chi connectivity index (χ1) is 15.1. The molecule has 0 aromatic heterocycles. The van der Waals surface area contributed by atoms with Crippen LogP contribution in [0, 0.1) is 17.1 Å². The van der Waals surface area contributed by atoms with Gasteiger partial charge in [0.15, 0.2) is 0 Å². The highest BCUT2D eigenvalue weighted by atomic mass is 35.5. The van der Waals surface area contributed by atoms with Crippen molar-refractivity contribution in [3.8, 4) is 11.8 Å². The Bertz CT molecular complexity index is 1340. The molecule has 2 nitrogen and oxygen atoms in total. The third kappa shape index (κ3) is 4.56. The van der Waals surface area contributed by atoms with Gasteiger partial charge in [0, 0.05) is 21.7 Å². The fraction of sp³-hybridized carbons (Fsp3) is 0.0385. The van der Waals surface area contributed by atoms with Crippen LogP contribution in [0.3, 0.4) is 0 Å². The van der Waals surface area contributed by atoms with Gasteiger partial charge in [-0.25, -0.2) is 4.39 Å². The smallest absolute Gasteiger partial charge is 0.129 e. The van der Waals surface area contributed by atoms with Crippen LogP contribution >= 0.6 is 23.2 Å². The van der Waals surface area contributed by atoms with E-state index < -0.39 is 0 Å². The van der Waals surface area contributed by atoms with Crippen LogP contribution in [0.2, 0.25) is 10.0 Å². The second kappa shape index (κ2) is 9.22. The summed E-state index contributed by atoms with van der Waals surface area (Å²) in [6.45, 7) is 0.0649. The molecule has 31 heavy (non-hydrogen) atoms. The Morgan fingerprint density at radius 3 is 2.52 bits per heavy atom. The van der Waals surface area contributed by atoms with E-state index in [0.717, 1.165) is 16.3 Å². The molecule has 0 unspecified atom stereocenters. The normalized spacial score (nSPS) is 11.4. The van der Waals surface area contributed by atoms with Crippen molar-refractivity contribution in [2.24, 2.45) is 0 Å². The second-order valence-corrected chi connectivity index (χ2v) is 7.72. The molecule has 4 aromatic rings. The molecule has 0 saturated carbocycles. The molecule has 0 atom stereocenters. The third-order valence-corrected chi connectivity index (χ3v) is 5.45. The lowest BCUT2D eigenvalue weighted by Gasteiger charge is -2.13. The van der Waals surface area contributed by atoms with Gasteiger partial charge in [0.2, 0.25) is 0 Å². The number of ether oxygens (including phenoxy) is 1. The summed E-state index contributed by atoms with van der Waals surface area (Å²) in [5.74, 6) is 0.214. The maximum absolute atomic E-state index is 14.0. The summed E-state index contributed by atoms with van der Waals surface area (Å²) < 4.78 is 20.0. The largest absolute Gasteiger partial charge is 0.488 e. The lowest BCUT2D eigenvalue weighted by molar-refractivity contribution is 0.299. The summed E-state index contributed by atoms with van der Waals surface area (Å²) >= 11 is 12.3. The van der Waals surface area contributed by atoms with E-state index in [1.54, 1.807) is 42.5 Å². The van der Waals surface area contributed by atoms with Crippen molar-refractivity contribution in [1.29, 1.82) is 5.26 Å². The molecule has 0 bridgehead atoms. The molecule has 0 aliphatic heterocycles. The average Bonchev–Trinajstić information content (AvgIpc) is 2.78. The summed E-state index contributed by atoms with van der Waals surface area (Å²) in [7, 11) is 0. The lowest BCUT2D eigenvalue weighted by atomic mass is 9.98. The van der Waals surface area contributed by atoms with Crippen LogP contribution < -0.4 is 4.74 Å². The van der Waals surface area contributed by atoms with Crippen molar-refractivity contribution in [2.45, 2.75) is 6.61 Å². The molecule has 5 heteroatoms. The van der Waals surface area contributed by atoms with Crippen molar-refractivity contribution in [3.05, 3.63) is 111 Å². The summed E-state index contributed by atoms with van der Waals surface area (Å²) in [6.07, 6.45) is 1.74. The standard InChI is InChI=1S/C26H16Cl2FNO/c27-20-10-11-22(24(28)14-20)19(15-30)13-23-21-7-3-1-5-17(21)9-12-26(23)31-16-18-6-2-4-8-25(18)29/h1-14H,16H2/b19-13+. The van der Waals surface area contributed by atoms with E-state index in [9.17, 15) is 9.65 Å². The lowest BCUT2D eigenvalue weighted by Crippen LogP contribution is -2.00.